The number of ether oxygens (including phenoxy) is 1. The molecular formula is C19H27N5O4. The third-order valence-electron chi connectivity index (χ3n) is 4.23. The Kier molecular flexibility index (Phi) is 6.37. The van der Waals surface area contributed by atoms with Crippen molar-refractivity contribution in [3.63, 3.8) is 0 Å². The van der Waals surface area contributed by atoms with E-state index in [4.69, 9.17) is 10.5 Å². The number of urea groups is 1. The Hall–Kier alpha value is -2.97. The van der Waals surface area contributed by atoms with Gasteiger partial charge in [0.1, 0.15) is 0 Å². The Bertz CT molecular complexity index is 901. The fraction of sp³-hybridized carbons (Fsp3) is 0.526. The number of rotatable bonds is 6. The van der Waals surface area contributed by atoms with Crippen molar-refractivity contribution in [2.45, 2.75) is 59.6 Å². The molecule has 0 saturated heterocycles. The maximum absolute atomic E-state index is 12.9. The van der Waals surface area contributed by atoms with Gasteiger partial charge in [-0.2, -0.15) is 5.10 Å². The fourth-order valence-electron chi connectivity index (χ4n) is 2.74. The summed E-state index contributed by atoms with van der Waals surface area (Å²) >= 11 is 0. The van der Waals surface area contributed by atoms with E-state index in [1.54, 1.807) is 30.8 Å². The summed E-state index contributed by atoms with van der Waals surface area (Å²) in [6, 6.07) is 0.713. The molecule has 2 aromatic heterocycles. The van der Waals surface area contributed by atoms with Crippen LogP contribution < -0.4 is 11.1 Å². The molecule has 152 valence electrons. The number of imide groups is 1. The summed E-state index contributed by atoms with van der Waals surface area (Å²) in [5, 5.41) is 6.84. The normalized spacial score (nSPS) is 12.6. The number of carbonyl (C=O) groups excluding carboxylic acids is 3. The molecule has 9 heteroatoms. The number of amides is 3. The fourth-order valence-corrected chi connectivity index (χ4v) is 2.74. The number of nitrogens with one attached hydrogen (secondary N) is 1. The van der Waals surface area contributed by atoms with Crippen molar-refractivity contribution >= 4 is 28.9 Å². The highest BCUT2D eigenvalue weighted by Gasteiger charge is 2.29. The highest BCUT2D eigenvalue weighted by atomic mass is 16.5. The first kappa shape index (κ1) is 21.3. The Morgan fingerprint density at radius 1 is 1.14 bits per heavy atom. The molecule has 0 saturated carbocycles. The van der Waals surface area contributed by atoms with Gasteiger partial charge in [-0.1, -0.05) is 27.7 Å². The summed E-state index contributed by atoms with van der Waals surface area (Å²) in [5.74, 6) is -1.73. The molecule has 2 aromatic rings. The Morgan fingerprint density at radius 3 is 2.29 bits per heavy atom. The lowest BCUT2D eigenvalue weighted by Crippen LogP contribution is -2.45. The van der Waals surface area contributed by atoms with E-state index in [0.29, 0.717) is 16.7 Å². The molecule has 0 bridgehead atoms. The van der Waals surface area contributed by atoms with Crippen LogP contribution in [-0.4, -0.2) is 38.8 Å². The summed E-state index contributed by atoms with van der Waals surface area (Å²) < 4.78 is 7.18. The highest BCUT2D eigenvalue weighted by Crippen LogP contribution is 2.25. The lowest BCUT2D eigenvalue weighted by molar-refractivity contribution is -0.130. The summed E-state index contributed by atoms with van der Waals surface area (Å²) in [6.07, 6.45) is 0.405. The molecule has 28 heavy (non-hydrogen) atoms. The molecule has 0 spiro atoms. The lowest BCUT2D eigenvalue weighted by Gasteiger charge is -2.20. The average molecular weight is 389 g/mol. The predicted octanol–water partition coefficient (Wildman–Crippen LogP) is 2.51. The summed E-state index contributed by atoms with van der Waals surface area (Å²) in [5.41, 5.74) is 6.57. The number of esters is 1. The quantitative estimate of drug-likeness (QED) is 0.730. The van der Waals surface area contributed by atoms with Gasteiger partial charge in [0.25, 0.3) is 5.91 Å². The van der Waals surface area contributed by atoms with E-state index in [2.05, 4.69) is 10.1 Å². The average Bonchev–Trinajstić information content (AvgIpc) is 3.01. The van der Waals surface area contributed by atoms with E-state index in [1.807, 2.05) is 33.0 Å². The molecule has 3 N–H and O–H groups in total. The third-order valence-corrected chi connectivity index (χ3v) is 4.23. The highest BCUT2D eigenvalue weighted by molar-refractivity contribution is 6.04. The molecule has 0 aliphatic carbocycles. The van der Waals surface area contributed by atoms with Crippen molar-refractivity contribution in [1.82, 2.24) is 20.1 Å². The molecule has 0 aromatic carbocycles. The summed E-state index contributed by atoms with van der Waals surface area (Å²) in [6.45, 7) is 11.3. The van der Waals surface area contributed by atoms with E-state index in [0.717, 1.165) is 0 Å². The van der Waals surface area contributed by atoms with Gasteiger partial charge >= 0.3 is 12.0 Å². The van der Waals surface area contributed by atoms with Gasteiger partial charge in [-0.15, -0.1) is 0 Å². The number of carbonyl (C=O) groups is 3. The molecule has 3 amide bonds. The number of primary amides is 1. The lowest BCUT2D eigenvalue weighted by atomic mass is 10.0. The molecule has 0 unspecified atom stereocenters. The third kappa shape index (κ3) is 4.47. The minimum atomic E-state index is -1.16. The Balaban J connectivity index is 2.48. The minimum absolute atomic E-state index is 0.0565. The van der Waals surface area contributed by atoms with Crippen LogP contribution in [0.4, 0.5) is 4.79 Å². The van der Waals surface area contributed by atoms with Crippen LogP contribution in [0.2, 0.25) is 0 Å². The number of nitrogens with two attached hydrogens (primary N) is 1. The maximum atomic E-state index is 12.9. The van der Waals surface area contributed by atoms with Gasteiger partial charge in [-0.05, 0) is 31.7 Å². The number of nitrogens with zero attached hydrogens (tertiary/aromatic N) is 3. The van der Waals surface area contributed by atoms with Gasteiger partial charge in [-0.3, -0.25) is 10.1 Å². The van der Waals surface area contributed by atoms with Crippen LogP contribution in [0.5, 0.6) is 0 Å². The van der Waals surface area contributed by atoms with Crippen molar-refractivity contribution in [2.75, 3.05) is 0 Å². The molecule has 0 aliphatic heterocycles. The topological polar surface area (TPSA) is 129 Å². The largest absolute Gasteiger partial charge is 0.448 e. The second-order valence-electron chi connectivity index (χ2n) is 7.59. The van der Waals surface area contributed by atoms with Crippen LogP contribution in [-0.2, 0) is 9.53 Å². The Morgan fingerprint density at radius 2 is 1.79 bits per heavy atom. The van der Waals surface area contributed by atoms with Crippen LogP contribution in [0.25, 0.3) is 11.0 Å². The van der Waals surface area contributed by atoms with Crippen molar-refractivity contribution in [3.05, 3.63) is 23.5 Å². The van der Waals surface area contributed by atoms with Crippen molar-refractivity contribution < 1.29 is 19.1 Å². The number of hydrogen-bond donors (Lipinski definition) is 2. The van der Waals surface area contributed by atoms with Gasteiger partial charge in [-0.25, -0.2) is 19.3 Å². The van der Waals surface area contributed by atoms with Crippen molar-refractivity contribution in [1.29, 1.82) is 0 Å². The van der Waals surface area contributed by atoms with Gasteiger partial charge < -0.3 is 10.5 Å². The van der Waals surface area contributed by atoms with Crippen LogP contribution in [0.1, 0.15) is 69.6 Å². The summed E-state index contributed by atoms with van der Waals surface area (Å²) in [4.78, 5) is 40.7. The number of fused-ring (bicyclic) bond motifs is 1. The zero-order chi connectivity index (χ0) is 21.2. The minimum Gasteiger partial charge on any atom is -0.448 e. The maximum Gasteiger partial charge on any atom is 0.339 e. The predicted molar refractivity (Wildman–Crippen MR) is 104 cm³/mol. The van der Waals surface area contributed by atoms with E-state index in [-0.39, 0.29) is 23.4 Å². The zero-order valence-electron chi connectivity index (χ0n) is 17.0. The number of pyridine rings is 1. The van der Waals surface area contributed by atoms with Gasteiger partial charge in [0.05, 0.1) is 17.1 Å². The first-order chi connectivity index (χ1) is 13.0. The van der Waals surface area contributed by atoms with Crippen molar-refractivity contribution in [2.24, 2.45) is 11.7 Å². The summed E-state index contributed by atoms with van der Waals surface area (Å²) in [7, 11) is 0. The van der Waals surface area contributed by atoms with Crippen LogP contribution >= 0.6 is 0 Å². The molecular weight excluding hydrogens is 362 g/mol. The zero-order valence-corrected chi connectivity index (χ0v) is 17.0. The van der Waals surface area contributed by atoms with E-state index in [9.17, 15) is 14.4 Å². The van der Waals surface area contributed by atoms with E-state index < -0.39 is 24.0 Å². The molecule has 1 atom stereocenters. The van der Waals surface area contributed by atoms with E-state index in [1.165, 1.54) is 0 Å². The van der Waals surface area contributed by atoms with Gasteiger partial charge in [0.15, 0.2) is 11.8 Å². The van der Waals surface area contributed by atoms with E-state index >= 15 is 0 Å². The molecule has 2 rings (SSSR count). The molecule has 0 aliphatic rings. The Labute approximate surface area is 163 Å². The second-order valence-corrected chi connectivity index (χ2v) is 7.59. The smallest absolute Gasteiger partial charge is 0.339 e. The number of hydrogen-bond acceptors (Lipinski definition) is 6. The van der Waals surface area contributed by atoms with Gasteiger partial charge in [0.2, 0.25) is 0 Å². The first-order valence-corrected chi connectivity index (χ1v) is 9.22. The molecule has 0 radical (unpaired) electrons. The first-order valence-electron chi connectivity index (χ1n) is 9.22. The second kappa shape index (κ2) is 8.37. The molecule has 0 fully saturated rings. The van der Waals surface area contributed by atoms with Crippen molar-refractivity contribution in [3.8, 4) is 0 Å². The van der Waals surface area contributed by atoms with Crippen LogP contribution in [0.3, 0.4) is 0 Å². The van der Waals surface area contributed by atoms with Crippen LogP contribution in [0, 0.1) is 5.92 Å². The number of aromatic nitrogens is 3. The standard InChI is InChI=1S/C19H27N5O4/c1-9(2)14-7-12(13-8-21-24(11(5)6)16(13)22-14)18(26)28-15(10(3)4)17(25)23-19(20)27/h7-11,15H,1-6H3,(H3,20,23,25,27)/t15-/m1/s1. The van der Waals surface area contributed by atoms with Crippen LogP contribution in [0.15, 0.2) is 12.3 Å². The molecule has 2 heterocycles. The SMILES string of the molecule is CC(C)c1cc(C(=O)O[C@@H](C(=O)NC(N)=O)C(C)C)c2cnn(C(C)C)c2n1. The molecule has 9 nitrogen and oxygen atoms in total. The monoisotopic (exact) mass is 389 g/mol. The van der Waals surface area contributed by atoms with Gasteiger partial charge in [0, 0.05) is 11.7 Å².